The van der Waals surface area contributed by atoms with Gasteiger partial charge in [0, 0.05) is 24.4 Å². The highest BCUT2D eigenvalue weighted by Crippen LogP contribution is 2.45. The van der Waals surface area contributed by atoms with Gasteiger partial charge in [-0.1, -0.05) is 5.16 Å². The van der Waals surface area contributed by atoms with Gasteiger partial charge in [0.15, 0.2) is 5.84 Å². The number of amidine groups is 1. The van der Waals surface area contributed by atoms with Crippen molar-refractivity contribution in [3.05, 3.63) is 27.9 Å². The van der Waals surface area contributed by atoms with Crippen LogP contribution < -0.4 is 11.1 Å². The van der Waals surface area contributed by atoms with Gasteiger partial charge in [0.1, 0.15) is 0 Å². The largest absolute Gasteiger partial charge is 0.409 e. The first-order valence-corrected chi connectivity index (χ1v) is 5.79. The zero-order valence-corrected chi connectivity index (χ0v) is 10.4. The van der Waals surface area contributed by atoms with E-state index in [1.54, 1.807) is 0 Å². The molecule has 0 aliphatic heterocycles. The third-order valence-electron chi connectivity index (χ3n) is 3.15. The molecule has 1 aromatic rings. The summed E-state index contributed by atoms with van der Waals surface area (Å²) in [5.41, 5.74) is 4.77. The van der Waals surface area contributed by atoms with Crippen molar-refractivity contribution in [3.63, 3.8) is 0 Å². The van der Waals surface area contributed by atoms with Crippen molar-refractivity contribution in [1.82, 2.24) is 4.98 Å². The molecule has 0 saturated heterocycles. The first-order chi connectivity index (χ1) is 9.51. The summed E-state index contributed by atoms with van der Waals surface area (Å²) in [7, 11) is 0. The van der Waals surface area contributed by atoms with Crippen LogP contribution in [0.4, 0.5) is 11.5 Å². The van der Waals surface area contributed by atoms with Crippen LogP contribution in [0.25, 0.3) is 0 Å². The molecular formula is C11H12N6O3. The van der Waals surface area contributed by atoms with Crippen LogP contribution in [0.2, 0.25) is 0 Å². The number of pyridine rings is 1. The highest BCUT2D eigenvalue weighted by Gasteiger charge is 2.43. The zero-order valence-electron chi connectivity index (χ0n) is 10.4. The SMILES string of the molecule is N#CC1(CNc2ncc(C(N)=NO)cc2[N+](=O)[O-])CC1. The minimum atomic E-state index is -0.616. The van der Waals surface area contributed by atoms with Crippen molar-refractivity contribution < 1.29 is 10.1 Å². The average molecular weight is 276 g/mol. The van der Waals surface area contributed by atoms with Gasteiger partial charge in [-0.3, -0.25) is 10.1 Å². The number of rotatable bonds is 5. The predicted octanol–water partition coefficient (Wildman–Crippen LogP) is 0.800. The molecule has 0 bridgehead atoms. The molecule has 1 aliphatic carbocycles. The van der Waals surface area contributed by atoms with E-state index in [4.69, 9.17) is 16.2 Å². The number of hydrogen-bond acceptors (Lipinski definition) is 7. The molecule has 0 spiro atoms. The van der Waals surface area contributed by atoms with Gasteiger partial charge in [-0.25, -0.2) is 4.98 Å². The minimum Gasteiger partial charge on any atom is -0.409 e. The molecule has 1 heterocycles. The predicted molar refractivity (Wildman–Crippen MR) is 69.2 cm³/mol. The summed E-state index contributed by atoms with van der Waals surface area (Å²) in [6.07, 6.45) is 2.80. The number of oxime groups is 1. The molecule has 1 aliphatic rings. The van der Waals surface area contributed by atoms with E-state index in [-0.39, 0.29) is 22.9 Å². The Hall–Kier alpha value is -2.89. The topological polar surface area (TPSA) is 150 Å². The second-order valence-electron chi connectivity index (χ2n) is 4.58. The van der Waals surface area contributed by atoms with Crippen LogP contribution in [0, 0.1) is 26.9 Å². The van der Waals surface area contributed by atoms with Gasteiger partial charge in [0.2, 0.25) is 5.82 Å². The van der Waals surface area contributed by atoms with Crippen LogP contribution in [0.1, 0.15) is 18.4 Å². The van der Waals surface area contributed by atoms with Crippen molar-refractivity contribution in [2.45, 2.75) is 12.8 Å². The van der Waals surface area contributed by atoms with E-state index in [0.717, 1.165) is 18.9 Å². The number of nitriles is 1. The normalized spacial score (nSPS) is 16.2. The molecule has 0 atom stereocenters. The summed E-state index contributed by atoms with van der Waals surface area (Å²) in [4.78, 5) is 14.3. The summed E-state index contributed by atoms with van der Waals surface area (Å²) < 4.78 is 0. The van der Waals surface area contributed by atoms with Gasteiger partial charge < -0.3 is 16.3 Å². The summed E-state index contributed by atoms with van der Waals surface area (Å²) in [5, 5.41) is 34.1. The molecule has 0 unspecified atom stereocenters. The summed E-state index contributed by atoms with van der Waals surface area (Å²) in [6.45, 7) is 0.306. The molecule has 9 heteroatoms. The number of nitrogens with two attached hydrogens (primary N) is 1. The maximum absolute atomic E-state index is 11.0. The van der Waals surface area contributed by atoms with Crippen LogP contribution >= 0.6 is 0 Å². The highest BCUT2D eigenvalue weighted by atomic mass is 16.6. The fourth-order valence-electron chi connectivity index (χ4n) is 1.66. The van der Waals surface area contributed by atoms with E-state index in [0.29, 0.717) is 6.54 Å². The lowest BCUT2D eigenvalue weighted by Gasteiger charge is -2.09. The van der Waals surface area contributed by atoms with Gasteiger partial charge in [-0.05, 0) is 12.8 Å². The lowest BCUT2D eigenvalue weighted by Crippen LogP contribution is -2.17. The van der Waals surface area contributed by atoms with E-state index >= 15 is 0 Å². The third kappa shape index (κ3) is 2.59. The first-order valence-electron chi connectivity index (χ1n) is 5.79. The van der Waals surface area contributed by atoms with Crippen LogP contribution in [0.5, 0.6) is 0 Å². The maximum Gasteiger partial charge on any atom is 0.312 e. The van der Waals surface area contributed by atoms with Crippen molar-refractivity contribution in [1.29, 1.82) is 5.26 Å². The second kappa shape index (κ2) is 5.00. The fraction of sp³-hybridized carbons (Fsp3) is 0.364. The van der Waals surface area contributed by atoms with E-state index in [1.807, 2.05) is 0 Å². The van der Waals surface area contributed by atoms with E-state index in [2.05, 4.69) is 21.5 Å². The Labute approximate surface area is 113 Å². The molecule has 1 aromatic heterocycles. The molecule has 20 heavy (non-hydrogen) atoms. The molecule has 2 rings (SSSR count). The van der Waals surface area contributed by atoms with Gasteiger partial charge >= 0.3 is 5.69 Å². The lowest BCUT2D eigenvalue weighted by molar-refractivity contribution is -0.384. The van der Waals surface area contributed by atoms with Gasteiger partial charge in [0.25, 0.3) is 0 Å². The summed E-state index contributed by atoms with van der Waals surface area (Å²) in [5.74, 6) is -0.200. The molecule has 9 nitrogen and oxygen atoms in total. The Kier molecular flexibility index (Phi) is 3.39. The van der Waals surface area contributed by atoms with E-state index in [9.17, 15) is 10.1 Å². The van der Waals surface area contributed by atoms with E-state index < -0.39 is 10.3 Å². The molecule has 4 N–H and O–H groups in total. The monoisotopic (exact) mass is 276 g/mol. The van der Waals surface area contributed by atoms with Crippen LogP contribution in [-0.4, -0.2) is 27.5 Å². The average Bonchev–Trinajstić information content (AvgIpc) is 3.24. The molecule has 0 radical (unpaired) electrons. The highest BCUT2D eigenvalue weighted by molar-refractivity contribution is 5.97. The van der Waals surface area contributed by atoms with E-state index in [1.165, 1.54) is 6.20 Å². The lowest BCUT2D eigenvalue weighted by atomic mass is 10.1. The molecular weight excluding hydrogens is 264 g/mol. The van der Waals surface area contributed by atoms with Crippen LogP contribution in [0.3, 0.4) is 0 Å². The van der Waals surface area contributed by atoms with Crippen molar-refractivity contribution in [2.75, 3.05) is 11.9 Å². The Balaban J connectivity index is 2.24. The first kappa shape index (κ1) is 13.5. The second-order valence-corrected chi connectivity index (χ2v) is 4.58. The number of anilines is 1. The number of nitrogens with zero attached hydrogens (tertiary/aromatic N) is 4. The molecule has 1 fully saturated rings. The van der Waals surface area contributed by atoms with Gasteiger partial charge in [0.05, 0.1) is 16.4 Å². The fourth-order valence-corrected chi connectivity index (χ4v) is 1.66. The Morgan fingerprint density at radius 1 is 1.75 bits per heavy atom. The van der Waals surface area contributed by atoms with Gasteiger partial charge in [-0.2, -0.15) is 5.26 Å². The number of nitro groups is 1. The minimum absolute atomic E-state index is 0.0611. The van der Waals surface area contributed by atoms with Crippen LogP contribution in [0.15, 0.2) is 17.4 Å². The van der Waals surface area contributed by atoms with Crippen molar-refractivity contribution >= 4 is 17.3 Å². The number of nitrogens with one attached hydrogen (secondary N) is 1. The molecule has 0 aromatic carbocycles. The van der Waals surface area contributed by atoms with Crippen molar-refractivity contribution in [3.8, 4) is 6.07 Å². The smallest absolute Gasteiger partial charge is 0.312 e. The Morgan fingerprint density at radius 3 is 2.95 bits per heavy atom. The Morgan fingerprint density at radius 2 is 2.45 bits per heavy atom. The number of hydrogen-bond donors (Lipinski definition) is 3. The number of aromatic nitrogens is 1. The molecule has 1 saturated carbocycles. The van der Waals surface area contributed by atoms with Crippen LogP contribution in [-0.2, 0) is 0 Å². The molecule has 0 amide bonds. The summed E-state index contributed by atoms with van der Waals surface area (Å²) in [6, 6.07) is 3.34. The summed E-state index contributed by atoms with van der Waals surface area (Å²) >= 11 is 0. The quantitative estimate of drug-likeness (QED) is 0.236. The standard InChI is InChI=1S/C11H12N6O3/c12-5-11(1-2-11)6-15-10-8(17(19)20)3-7(4-14-10)9(13)16-18/h3-4,18H,1-2,6H2,(H2,13,16)(H,14,15). The maximum atomic E-state index is 11.0. The third-order valence-corrected chi connectivity index (χ3v) is 3.15. The zero-order chi connectivity index (χ0) is 14.8. The van der Waals surface area contributed by atoms with Crippen molar-refractivity contribution in [2.24, 2.45) is 16.3 Å². The Bertz CT molecular complexity index is 617. The van der Waals surface area contributed by atoms with Gasteiger partial charge in [-0.15, -0.1) is 0 Å². The molecule has 104 valence electrons.